The van der Waals surface area contributed by atoms with Crippen LogP contribution < -0.4 is 16.0 Å². The zero-order valence-corrected chi connectivity index (χ0v) is 25.4. The van der Waals surface area contributed by atoms with Gasteiger partial charge in [-0.1, -0.05) is 13.0 Å². The number of fused-ring (bicyclic) bond motifs is 1. The second kappa shape index (κ2) is 24.0. The average Bonchev–Trinajstić information content (AvgIpc) is 3.59. The number of ether oxygens (including phenoxy) is 5. The Bertz CT molecular complexity index is 750. The number of epoxide rings is 1. The third-order valence-corrected chi connectivity index (χ3v) is 7.59. The Labute approximate surface area is 256 Å². The van der Waals surface area contributed by atoms with Crippen molar-refractivity contribution in [2.24, 2.45) is 0 Å². The van der Waals surface area contributed by atoms with E-state index in [1.807, 2.05) is 11.8 Å². The van der Waals surface area contributed by atoms with Gasteiger partial charge in [0.05, 0.1) is 71.4 Å². The van der Waals surface area contributed by atoms with Crippen molar-refractivity contribution in [2.45, 2.75) is 62.3 Å². The molecule has 3 saturated heterocycles. The molecule has 1 radical (unpaired) electrons. The Morgan fingerprint density at radius 3 is 2.24 bits per heavy atom. The van der Waals surface area contributed by atoms with Gasteiger partial charge in [0.15, 0.2) is 0 Å². The normalized spacial score (nSPS) is 20.6. The molecule has 235 valence electrons. The third kappa shape index (κ3) is 19.4. The number of hydrogen-bond acceptors (Lipinski definition) is 10. The largest absolute Gasteiger partial charge is 2.00 e. The van der Waals surface area contributed by atoms with Gasteiger partial charge in [-0.25, -0.2) is 4.79 Å². The molecule has 3 fully saturated rings. The second-order valence-electron chi connectivity index (χ2n) is 9.28. The number of amides is 3. The molecule has 3 atom stereocenters. The van der Waals surface area contributed by atoms with Gasteiger partial charge in [-0.15, -0.1) is 0 Å². The first-order chi connectivity index (χ1) is 19.5. The topological polar surface area (TPSA) is 174 Å². The number of nitrogens with one attached hydrogen (secondary N) is 3. The molecule has 13 nitrogen and oxygen atoms in total. The van der Waals surface area contributed by atoms with Crippen molar-refractivity contribution in [3.8, 4) is 0 Å². The Hall–Kier alpha value is -1.45. The van der Waals surface area contributed by atoms with Crippen molar-refractivity contribution in [3.63, 3.8) is 0 Å². The molecule has 3 amide bonds. The molecule has 0 aliphatic carbocycles. The quantitative estimate of drug-likeness (QED) is 0.0408. The number of carbonyl (C=O) groups is 3. The van der Waals surface area contributed by atoms with E-state index in [1.165, 1.54) is 0 Å². The van der Waals surface area contributed by atoms with Crippen LogP contribution in [0.15, 0.2) is 0 Å². The third-order valence-electron chi connectivity index (χ3n) is 6.08. The smallest absolute Gasteiger partial charge is 0.570 e. The van der Waals surface area contributed by atoms with E-state index in [0.29, 0.717) is 70.9 Å². The van der Waals surface area contributed by atoms with Crippen LogP contribution in [0.3, 0.4) is 0 Å². The number of urea groups is 1. The van der Waals surface area contributed by atoms with E-state index in [-0.39, 0.29) is 54.1 Å². The van der Waals surface area contributed by atoms with Crippen LogP contribution in [0.5, 0.6) is 0 Å². The standard InChI is InChI=1S/C21H37N3O8S.C5H6O2.Mn/c25-18(4-2-1-3-17-20-16(15-33-17)23-21(28)24-20)22-6-8-30-10-12-32-14-13-31-11-9-29-7-5-19(26)27;6-3-1-2-5-4-7-5;/h16-17,20H,1-15H2,(H,22,25)(H,26,27)(H2,23,24,28);1-2,4H2;/q;-2;+2/t16-,17-,20-;;/m0../s1. The Morgan fingerprint density at radius 2 is 1.63 bits per heavy atom. The summed E-state index contributed by atoms with van der Waals surface area (Å²) in [5.74, 6) is 0.115. The zero-order valence-electron chi connectivity index (χ0n) is 23.4. The minimum absolute atomic E-state index is 0. The maximum atomic E-state index is 11.9. The summed E-state index contributed by atoms with van der Waals surface area (Å²) in [5, 5.41) is 17.7. The number of hydrogen-bond donors (Lipinski definition) is 4. The molecule has 4 N–H and O–H groups in total. The molecule has 3 aliphatic rings. The number of unbranched alkanes of at least 4 members (excludes halogenated alkanes) is 1. The van der Waals surface area contributed by atoms with E-state index in [0.717, 1.165) is 44.1 Å². The number of carbonyl (C=O) groups excluding carboxylic acids is 3. The van der Waals surface area contributed by atoms with E-state index in [2.05, 4.69) is 16.0 Å². The van der Waals surface area contributed by atoms with E-state index in [9.17, 15) is 19.2 Å². The van der Waals surface area contributed by atoms with Crippen LogP contribution in [0.25, 0.3) is 0 Å². The molecule has 0 saturated carbocycles. The molecule has 0 unspecified atom stereocenters. The first kappa shape index (κ1) is 37.6. The predicted molar refractivity (Wildman–Crippen MR) is 147 cm³/mol. The number of aliphatic carboxylic acids is 1. The Morgan fingerprint density at radius 1 is 1.00 bits per heavy atom. The summed E-state index contributed by atoms with van der Waals surface area (Å²) in [6, 6.07) is 0.408. The summed E-state index contributed by atoms with van der Waals surface area (Å²) < 4.78 is 25.9. The SMILES string of the molecule is O=C(O)CCOCCOCCOCCOCCNC(=O)CCCC[C@@H]1SC[C@@H]2NC(=O)N[C@@H]21.O=[C-]CC[C-]1CO1.[Mn+2]. The molecule has 41 heavy (non-hydrogen) atoms. The van der Waals surface area contributed by atoms with Crippen molar-refractivity contribution in [3.05, 3.63) is 6.10 Å². The Balaban J connectivity index is 0.000000913. The first-order valence-corrected chi connectivity index (χ1v) is 14.8. The fraction of sp³-hybridized carbons (Fsp3) is 0.808. The number of rotatable bonds is 23. The van der Waals surface area contributed by atoms with E-state index >= 15 is 0 Å². The van der Waals surface area contributed by atoms with Crippen LogP contribution in [-0.4, -0.2) is 118 Å². The van der Waals surface area contributed by atoms with E-state index in [1.54, 1.807) is 6.29 Å². The average molecular weight is 645 g/mol. The van der Waals surface area contributed by atoms with Gasteiger partial charge in [-0.2, -0.15) is 30.7 Å². The van der Waals surface area contributed by atoms with Crippen molar-refractivity contribution >= 4 is 36.0 Å². The molecule has 3 aliphatic heterocycles. The first-order valence-electron chi connectivity index (χ1n) is 13.8. The number of carboxylic acids is 1. The predicted octanol–water partition coefficient (Wildman–Crippen LogP) is 0.805. The second-order valence-corrected chi connectivity index (χ2v) is 10.6. The number of thioether (sulfide) groups is 1. The summed E-state index contributed by atoms with van der Waals surface area (Å²) in [6.45, 7) is 4.40. The molecule has 3 heterocycles. The molecule has 0 bridgehead atoms. The van der Waals surface area contributed by atoms with Gasteiger partial charge < -0.3 is 49.5 Å². The molecule has 0 aromatic rings. The summed E-state index contributed by atoms with van der Waals surface area (Å²) in [4.78, 5) is 43.1. The van der Waals surface area contributed by atoms with Crippen molar-refractivity contribution in [2.75, 3.05) is 71.8 Å². The van der Waals surface area contributed by atoms with Gasteiger partial charge in [-0.3, -0.25) is 15.9 Å². The van der Waals surface area contributed by atoms with E-state index in [4.69, 9.17) is 28.8 Å². The number of carboxylic acid groups (broad SMARTS) is 1. The molecule has 3 rings (SSSR count). The maximum absolute atomic E-state index is 11.9. The molecule has 0 spiro atoms. The van der Waals surface area contributed by atoms with Gasteiger partial charge in [0.25, 0.3) is 0 Å². The Kier molecular flexibility index (Phi) is 22.0. The van der Waals surface area contributed by atoms with Gasteiger partial charge in [0, 0.05) is 24.0 Å². The summed E-state index contributed by atoms with van der Waals surface area (Å²) in [7, 11) is 0. The van der Waals surface area contributed by atoms with Gasteiger partial charge in [-0.05, 0) is 12.8 Å². The monoisotopic (exact) mass is 644 g/mol. The fourth-order valence-electron chi connectivity index (χ4n) is 3.93. The minimum atomic E-state index is -0.878. The van der Waals surface area contributed by atoms with Gasteiger partial charge in [0.2, 0.25) is 5.91 Å². The van der Waals surface area contributed by atoms with Crippen LogP contribution in [0.2, 0.25) is 0 Å². The summed E-state index contributed by atoms with van der Waals surface area (Å²) in [6.07, 6.45) is 7.43. The van der Waals surface area contributed by atoms with E-state index < -0.39 is 5.97 Å². The van der Waals surface area contributed by atoms with Crippen LogP contribution >= 0.6 is 11.8 Å². The molecular formula is C26H43MnN3O10S. The van der Waals surface area contributed by atoms with Gasteiger partial charge >= 0.3 is 29.1 Å². The molecule has 15 heteroatoms. The molecular weight excluding hydrogens is 601 g/mol. The molecule has 0 aromatic carbocycles. The fourth-order valence-corrected chi connectivity index (χ4v) is 5.48. The van der Waals surface area contributed by atoms with Crippen LogP contribution in [0.4, 0.5) is 4.79 Å². The van der Waals surface area contributed by atoms with Crippen LogP contribution in [-0.2, 0) is 55.1 Å². The van der Waals surface area contributed by atoms with Gasteiger partial charge in [0.1, 0.15) is 0 Å². The summed E-state index contributed by atoms with van der Waals surface area (Å²) >= 11 is 1.90. The van der Waals surface area contributed by atoms with Crippen molar-refractivity contribution < 1.29 is 65.0 Å². The van der Waals surface area contributed by atoms with Crippen molar-refractivity contribution in [1.29, 1.82) is 0 Å². The van der Waals surface area contributed by atoms with Crippen LogP contribution in [0, 0.1) is 6.10 Å². The van der Waals surface area contributed by atoms with Crippen LogP contribution in [0.1, 0.15) is 44.9 Å². The van der Waals surface area contributed by atoms with Crippen molar-refractivity contribution in [1.82, 2.24) is 16.0 Å². The zero-order chi connectivity index (χ0) is 28.8. The molecule has 0 aromatic heterocycles. The maximum Gasteiger partial charge on any atom is 2.00 e. The summed E-state index contributed by atoms with van der Waals surface area (Å²) in [5.41, 5.74) is 0. The minimum Gasteiger partial charge on any atom is -0.570 e.